The fraction of sp³-hybridized carbons (Fsp3) is 0.167. The van der Waals surface area contributed by atoms with Gasteiger partial charge >= 0.3 is 24.3 Å². The van der Waals surface area contributed by atoms with Gasteiger partial charge in [0.2, 0.25) is 0 Å². The Morgan fingerprint density at radius 1 is 0.975 bits per heavy atom. The second kappa shape index (κ2) is 13.6. The van der Waals surface area contributed by atoms with E-state index in [1.54, 1.807) is 13.3 Å². The Morgan fingerprint density at radius 3 is 2.05 bits per heavy atom. The smallest absolute Gasteiger partial charge is 0.490 e. The minimum Gasteiger partial charge on any atom is -0.496 e. The van der Waals surface area contributed by atoms with Crippen LogP contribution in [0.25, 0.3) is 22.6 Å². The van der Waals surface area contributed by atoms with Crippen molar-refractivity contribution in [2.24, 2.45) is 0 Å². The summed E-state index contributed by atoms with van der Waals surface area (Å²) in [5.41, 5.74) is 4.79. The standard InChI is InChI=1S/C20H17BrN4O.2C2HF3O2/c1-26-18-5-3-2-4-14(18)11-22-16-8-6-13(7-9-16)19-24-17-10-15(21)12-23-20(17)25-19;2*3-2(4,5)1(6)7/h2-10,12,22H,11H2,1H3,(H,23,24,25);2*(H,6,7). The molecule has 9 nitrogen and oxygen atoms in total. The van der Waals surface area contributed by atoms with Crippen LogP contribution in [0.3, 0.4) is 0 Å². The topological polar surface area (TPSA) is 137 Å². The number of carboxylic acid groups (broad SMARTS) is 2. The molecule has 2 heterocycles. The first-order valence-electron chi connectivity index (χ1n) is 10.7. The number of nitrogens with one attached hydrogen (secondary N) is 2. The van der Waals surface area contributed by atoms with Crippen molar-refractivity contribution >= 4 is 44.7 Å². The van der Waals surface area contributed by atoms with Gasteiger partial charge in [-0.05, 0) is 52.3 Å². The molecule has 0 spiro atoms. The van der Waals surface area contributed by atoms with E-state index in [-0.39, 0.29) is 0 Å². The number of carboxylic acids is 2. The summed E-state index contributed by atoms with van der Waals surface area (Å²) in [5, 5.41) is 17.7. The van der Waals surface area contributed by atoms with E-state index in [0.29, 0.717) is 6.54 Å². The molecule has 40 heavy (non-hydrogen) atoms. The molecule has 0 amide bonds. The third-order valence-electron chi connectivity index (χ3n) is 4.62. The van der Waals surface area contributed by atoms with Crippen molar-refractivity contribution in [3.05, 3.63) is 70.8 Å². The Labute approximate surface area is 230 Å². The number of anilines is 1. The summed E-state index contributed by atoms with van der Waals surface area (Å²) in [6.45, 7) is 0.700. The number of imidazole rings is 1. The van der Waals surface area contributed by atoms with E-state index in [4.69, 9.17) is 24.5 Å². The number of aromatic nitrogens is 3. The largest absolute Gasteiger partial charge is 0.496 e. The number of nitrogens with zero attached hydrogens (tertiary/aromatic N) is 2. The number of aliphatic carboxylic acids is 2. The summed E-state index contributed by atoms with van der Waals surface area (Å²) >= 11 is 3.42. The summed E-state index contributed by atoms with van der Waals surface area (Å²) < 4.78 is 69.8. The Morgan fingerprint density at radius 2 is 1.52 bits per heavy atom. The zero-order valence-corrected chi connectivity index (χ0v) is 21.7. The molecule has 0 atom stereocenters. The highest BCUT2D eigenvalue weighted by molar-refractivity contribution is 9.10. The molecule has 0 radical (unpaired) electrons. The molecule has 16 heteroatoms. The van der Waals surface area contributed by atoms with E-state index in [1.807, 2.05) is 48.5 Å². The number of benzene rings is 2. The first-order chi connectivity index (χ1) is 18.6. The minimum absolute atomic E-state index is 0.700. The Balaban J connectivity index is 0.000000333. The number of fused-ring (bicyclic) bond motifs is 1. The van der Waals surface area contributed by atoms with Crippen molar-refractivity contribution in [1.82, 2.24) is 15.0 Å². The van der Waals surface area contributed by atoms with E-state index in [0.717, 1.165) is 44.0 Å². The quantitative estimate of drug-likeness (QED) is 0.188. The van der Waals surface area contributed by atoms with Gasteiger partial charge in [0.25, 0.3) is 0 Å². The Hall–Kier alpha value is -4.34. The van der Waals surface area contributed by atoms with Crippen LogP contribution in [0.1, 0.15) is 5.56 Å². The van der Waals surface area contributed by atoms with Crippen molar-refractivity contribution in [2.75, 3.05) is 12.4 Å². The average molecular weight is 637 g/mol. The van der Waals surface area contributed by atoms with Crippen molar-refractivity contribution in [3.8, 4) is 17.1 Å². The molecular weight excluding hydrogens is 618 g/mol. The number of halogens is 7. The molecule has 0 aliphatic carbocycles. The normalized spacial score (nSPS) is 11.0. The summed E-state index contributed by atoms with van der Waals surface area (Å²) in [5.74, 6) is -3.82. The molecule has 0 bridgehead atoms. The highest BCUT2D eigenvalue weighted by Gasteiger charge is 2.38. The summed E-state index contributed by atoms with van der Waals surface area (Å²) in [7, 11) is 1.69. The second-order valence-corrected chi connectivity index (χ2v) is 8.37. The Kier molecular flexibility index (Phi) is 10.9. The predicted molar refractivity (Wildman–Crippen MR) is 135 cm³/mol. The molecule has 4 rings (SSSR count). The van der Waals surface area contributed by atoms with Crippen LogP contribution in [0.5, 0.6) is 5.75 Å². The highest BCUT2D eigenvalue weighted by atomic mass is 79.9. The Bertz CT molecular complexity index is 1420. The number of pyridine rings is 1. The molecule has 2 aromatic heterocycles. The number of rotatable bonds is 5. The van der Waals surface area contributed by atoms with E-state index >= 15 is 0 Å². The molecule has 0 fully saturated rings. The van der Waals surface area contributed by atoms with Crippen molar-refractivity contribution < 1.29 is 50.9 Å². The maximum Gasteiger partial charge on any atom is 0.490 e. The minimum atomic E-state index is -5.08. The molecule has 0 saturated carbocycles. The van der Waals surface area contributed by atoms with Gasteiger partial charge in [-0.2, -0.15) is 26.3 Å². The van der Waals surface area contributed by atoms with Gasteiger partial charge in [-0.15, -0.1) is 0 Å². The molecule has 214 valence electrons. The van der Waals surface area contributed by atoms with Crippen LogP contribution in [0, 0.1) is 0 Å². The van der Waals surface area contributed by atoms with Crippen molar-refractivity contribution in [3.63, 3.8) is 0 Å². The summed E-state index contributed by atoms with van der Waals surface area (Å²) in [6.07, 6.45) is -8.41. The maximum absolute atomic E-state index is 10.6. The molecule has 4 aromatic rings. The lowest BCUT2D eigenvalue weighted by Gasteiger charge is -2.10. The lowest BCUT2D eigenvalue weighted by Crippen LogP contribution is -2.21. The molecule has 0 unspecified atom stereocenters. The molecular formula is C24H19BrF6N4O5. The highest BCUT2D eigenvalue weighted by Crippen LogP contribution is 2.24. The number of carbonyl (C=O) groups is 2. The van der Waals surface area contributed by atoms with Gasteiger partial charge in [0.15, 0.2) is 5.65 Å². The first kappa shape index (κ1) is 31.9. The number of para-hydroxylation sites is 1. The molecule has 2 aromatic carbocycles. The van der Waals surface area contributed by atoms with Gasteiger partial charge in [-0.3, -0.25) is 0 Å². The fourth-order valence-electron chi connectivity index (χ4n) is 2.80. The van der Waals surface area contributed by atoms with Gasteiger partial charge in [0.1, 0.15) is 17.1 Å². The summed E-state index contributed by atoms with van der Waals surface area (Å²) in [4.78, 5) is 30.0. The van der Waals surface area contributed by atoms with Gasteiger partial charge < -0.3 is 25.3 Å². The molecule has 4 N–H and O–H groups in total. The number of hydrogen-bond acceptors (Lipinski definition) is 6. The van der Waals surface area contributed by atoms with Gasteiger partial charge in [-0.1, -0.05) is 18.2 Å². The van der Waals surface area contributed by atoms with E-state index in [1.165, 1.54) is 0 Å². The lowest BCUT2D eigenvalue weighted by atomic mass is 10.1. The number of ether oxygens (including phenoxy) is 1. The second-order valence-electron chi connectivity index (χ2n) is 7.46. The van der Waals surface area contributed by atoms with Gasteiger partial charge in [-0.25, -0.2) is 19.6 Å². The third-order valence-corrected chi connectivity index (χ3v) is 5.06. The van der Waals surface area contributed by atoms with Gasteiger partial charge in [0, 0.05) is 34.0 Å². The van der Waals surface area contributed by atoms with E-state index in [9.17, 15) is 26.3 Å². The third kappa shape index (κ3) is 9.76. The van der Waals surface area contributed by atoms with Crippen LogP contribution < -0.4 is 10.1 Å². The van der Waals surface area contributed by atoms with Crippen molar-refractivity contribution in [1.29, 1.82) is 0 Å². The summed E-state index contributed by atoms with van der Waals surface area (Å²) in [6, 6.07) is 18.1. The number of hydrogen-bond donors (Lipinski definition) is 4. The van der Waals surface area contributed by atoms with Gasteiger partial charge in [0.05, 0.1) is 7.11 Å². The molecule has 0 saturated heterocycles. The van der Waals surface area contributed by atoms with Crippen LogP contribution >= 0.6 is 15.9 Å². The molecule has 0 aliphatic rings. The van der Waals surface area contributed by atoms with Crippen LogP contribution in [-0.2, 0) is 16.1 Å². The zero-order valence-electron chi connectivity index (χ0n) is 20.1. The predicted octanol–water partition coefficient (Wildman–Crippen LogP) is 6.27. The maximum atomic E-state index is 10.6. The first-order valence-corrected chi connectivity index (χ1v) is 11.5. The van der Waals surface area contributed by atoms with Crippen molar-refractivity contribution in [2.45, 2.75) is 18.9 Å². The fourth-order valence-corrected chi connectivity index (χ4v) is 3.12. The van der Waals surface area contributed by atoms with E-state index < -0.39 is 24.3 Å². The SMILES string of the molecule is COc1ccccc1CNc1ccc(-c2nc3cc(Br)cnc3[nH]2)cc1.O=C(O)C(F)(F)F.O=C(O)C(F)(F)F. The number of methoxy groups -OCH3 is 1. The number of aromatic amines is 1. The van der Waals surface area contributed by atoms with E-state index in [2.05, 4.69) is 42.3 Å². The zero-order chi connectivity index (χ0) is 30.1. The van der Waals surface area contributed by atoms with Crippen LogP contribution in [-0.4, -0.2) is 56.6 Å². The number of alkyl halides is 6. The van der Waals surface area contributed by atoms with Crippen LogP contribution in [0.4, 0.5) is 32.0 Å². The van der Waals surface area contributed by atoms with Crippen LogP contribution in [0.2, 0.25) is 0 Å². The molecule has 0 aliphatic heterocycles. The average Bonchev–Trinajstić information content (AvgIpc) is 3.31. The number of H-pyrrole nitrogens is 1. The van der Waals surface area contributed by atoms with Crippen LogP contribution in [0.15, 0.2) is 65.3 Å². The monoisotopic (exact) mass is 636 g/mol. The lowest BCUT2D eigenvalue weighted by molar-refractivity contribution is -0.193.